The number of likely N-dealkylation sites (tertiary alicyclic amines) is 1. The normalized spacial score (nSPS) is 15.9. The van der Waals surface area contributed by atoms with Crippen LogP contribution in [0.2, 0.25) is 0 Å². The molecule has 0 radical (unpaired) electrons. The highest BCUT2D eigenvalue weighted by atomic mass is 16.5. The SMILES string of the molecule is CCC(=O)N1CCC[C@@H](Nc2n[nH]c3nccc(Oc4ccc(-c5nc6ccccc6[nH]5)cc4)c23)C1. The number of ether oxygens (including phenoxy) is 1. The van der Waals surface area contributed by atoms with Crippen molar-refractivity contribution in [1.29, 1.82) is 0 Å². The van der Waals surface area contributed by atoms with Gasteiger partial charge in [-0.2, -0.15) is 5.10 Å². The number of aromatic nitrogens is 5. The van der Waals surface area contributed by atoms with Crippen LogP contribution in [0.25, 0.3) is 33.5 Å². The minimum absolute atomic E-state index is 0.122. The molecule has 9 heteroatoms. The number of aromatic amines is 2. The molecule has 9 nitrogen and oxygen atoms in total. The van der Waals surface area contributed by atoms with E-state index in [0.717, 1.165) is 47.2 Å². The van der Waals surface area contributed by atoms with Crippen molar-refractivity contribution < 1.29 is 9.53 Å². The molecule has 1 fully saturated rings. The third-order valence-corrected chi connectivity index (χ3v) is 6.59. The van der Waals surface area contributed by atoms with Crippen LogP contribution in [0.1, 0.15) is 26.2 Å². The Morgan fingerprint density at radius 1 is 1.17 bits per heavy atom. The number of rotatable bonds is 6. The molecule has 182 valence electrons. The number of benzene rings is 2. The molecule has 2 aromatic carbocycles. The number of amides is 1. The number of H-pyrrole nitrogens is 2. The molecule has 4 heterocycles. The smallest absolute Gasteiger partial charge is 0.222 e. The molecule has 0 aliphatic carbocycles. The van der Waals surface area contributed by atoms with Gasteiger partial charge in [-0.15, -0.1) is 0 Å². The van der Waals surface area contributed by atoms with Gasteiger partial charge < -0.3 is 19.9 Å². The maximum atomic E-state index is 12.2. The van der Waals surface area contributed by atoms with Gasteiger partial charge in [0.25, 0.3) is 0 Å². The predicted molar refractivity (Wildman–Crippen MR) is 139 cm³/mol. The van der Waals surface area contributed by atoms with Gasteiger partial charge in [-0.3, -0.25) is 9.89 Å². The number of carbonyl (C=O) groups is 1. The summed E-state index contributed by atoms with van der Waals surface area (Å²) in [5.41, 5.74) is 3.57. The summed E-state index contributed by atoms with van der Waals surface area (Å²) in [7, 11) is 0. The highest BCUT2D eigenvalue weighted by Gasteiger charge is 2.24. The van der Waals surface area contributed by atoms with E-state index < -0.39 is 0 Å². The zero-order valence-corrected chi connectivity index (χ0v) is 20.0. The predicted octanol–water partition coefficient (Wildman–Crippen LogP) is 5.11. The molecule has 0 unspecified atom stereocenters. The summed E-state index contributed by atoms with van der Waals surface area (Å²) < 4.78 is 6.27. The molecule has 5 aromatic rings. The maximum Gasteiger partial charge on any atom is 0.222 e. The number of pyridine rings is 1. The van der Waals surface area contributed by atoms with E-state index in [4.69, 9.17) is 4.74 Å². The quantitative estimate of drug-likeness (QED) is 0.311. The Kier molecular flexibility index (Phi) is 5.73. The molecule has 3 aromatic heterocycles. The number of nitrogens with one attached hydrogen (secondary N) is 3. The number of carbonyl (C=O) groups excluding carboxylic acids is 1. The van der Waals surface area contributed by atoms with Crippen LogP contribution in [0, 0.1) is 0 Å². The molecule has 6 rings (SSSR count). The molecule has 36 heavy (non-hydrogen) atoms. The monoisotopic (exact) mass is 481 g/mol. The van der Waals surface area contributed by atoms with E-state index in [1.165, 1.54) is 0 Å². The molecule has 3 N–H and O–H groups in total. The van der Waals surface area contributed by atoms with E-state index >= 15 is 0 Å². The minimum Gasteiger partial charge on any atom is -0.456 e. The fourth-order valence-electron chi connectivity index (χ4n) is 4.75. The number of hydrogen-bond acceptors (Lipinski definition) is 6. The van der Waals surface area contributed by atoms with Crippen molar-refractivity contribution >= 4 is 33.8 Å². The van der Waals surface area contributed by atoms with Crippen LogP contribution in [0.5, 0.6) is 11.5 Å². The van der Waals surface area contributed by atoms with Gasteiger partial charge in [0.2, 0.25) is 5.91 Å². The van der Waals surface area contributed by atoms with Gasteiger partial charge in [-0.25, -0.2) is 9.97 Å². The molecule has 1 aliphatic rings. The first-order valence-corrected chi connectivity index (χ1v) is 12.3. The van der Waals surface area contributed by atoms with Crippen molar-refractivity contribution in [2.24, 2.45) is 0 Å². The van der Waals surface area contributed by atoms with Gasteiger partial charge in [0.1, 0.15) is 22.7 Å². The lowest BCUT2D eigenvalue weighted by Gasteiger charge is -2.33. The Morgan fingerprint density at radius 3 is 2.86 bits per heavy atom. The number of imidazole rings is 1. The number of nitrogens with zero attached hydrogens (tertiary/aromatic N) is 4. The van der Waals surface area contributed by atoms with Crippen molar-refractivity contribution in [3.8, 4) is 22.9 Å². The summed E-state index contributed by atoms with van der Waals surface area (Å²) in [4.78, 5) is 26.5. The van der Waals surface area contributed by atoms with Crippen LogP contribution in [-0.2, 0) is 4.79 Å². The van der Waals surface area contributed by atoms with Gasteiger partial charge in [-0.1, -0.05) is 19.1 Å². The van der Waals surface area contributed by atoms with Gasteiger partial charge in [-0.05, 0) is 49.2 Å². The minimum atomic E-state index is 0.122. The van der Waals surface area contributed by atoms with E-state index in [1.54, 1.807) is 6.20 Å². The lowest BCUT2D eigenvalue weighted by atomic mass is 10.1. The molecule has 1 atom stereocenters. The zero-order chi connectivity index (χ0) is 24.5. The van der Waals surface area contributed by atoms with E-state index in [9.17, 15) is 4.79 Å². The largest absolute Gasteiger partial charge is 0.456 e. The van der Waals surface area contributed by atoms with Gasteiger partial charge in [0.15, 0.2) is 11.5 Å². The Labute approximate surface area is 207 Å². The molecule has 0 spiro atoms. The van der Waals surface area contributed by atoms with Crippen molar-refractivity contribution in [2.75, 3.05) is 18.4 Å². The summed E-state index contributed by atoms with van der Waals surface area (Å²) in [6.45, 7) is 3.38. The van der Waals surface area contributed by atoms with Gasteiger partial charge in [0.05, 0.1) is 11.0 Å². The van der Waals surface area contributed by atoms with E-state index in [0.29, 0.717) is 35.9 Å². The topological polar surface area (TPSA) is 112 Å². The van der Waals surface area contributed by atoms with Crippen molar-refractivity contribution in [1.82, 2.24) is 30.0 Å². The molecular formula is C27H27N7O2. The van der Waals surface area contributed by atoms with Crippen LogP contribution in [0.15, 0.2) is 60.8 Å². The number of piperidine rings is 1. The van der Waals surface area contributed by atoms with Crippen molar-refractivity contribution in [2.45, 2.75) is 32.2 Å². The summed E-state index contributed by atoms with van der Waals surface area (Å²) in [5.74, 6) is 3.04. The first-order valence-electron chi connectivity index (χ1n) is 12.3. The Morgan fingerprint density at radius 2 is 2.03 bits per heavy atom. The third kappa shape index (κ3) is 4.24. The van der Waals surface area contributed by atoms with Gasteiger partial charge >= 0.3 is 0 Å². The number of anilines is 1. The van der Waals surface area contributed by atoms with Crippen LogP contribution in [-0.4, -0.2) is 55.1 Å². The lowest BCUT2D eigenvalue weighted by molar-refractivity contribution is -0.131. The average molecular weight is 482 g/mol. The molecule has 1 saturated heterocycles. The molecular weight excluding hydrogens is 454 g/mol. The standard InChI is InChI=1S/C27H27N7O2/c1-2-23(35)34-15-5-6-18(16-34)29-27-24-22(13-14-28-26(24)32-33-27)36-19-11-9-17(10-12-19)25-30-20-7-3-4-8-21(20)31-25/h3-4,7-14,18H,2,5-6,15-16H2,1H3,(H,30,31)(H2,28,29,32,33)/t18-/m1/s1. The summed E-state index contributed by atoms with van der Waals surface area (Å²) >= 11 is 0. The van der Waals surface area contributed by atoms with E-state index in [-0.39, 0.29) is 11.9 Å². The van der Waals surface area contributed by atoms with Crippen LogP contribution >= 0.6 is 0 Å². The average Bonchev–Trinajstić information content (AvgIpc) is 3.54. The van der Waals surface area contributed by atoms with Gasteiger partial charge in [0, 0.05) is 43.4 Å². The van der Waals surface area contributed by atoms with Crippen LogP contribution < -0.4 is 10.1 Å². The second-order valence-corrected chi connectivity index (χ2v) is 9.01. The van der Waals surface area contributed by atoms with Crippen LogP contribution in [0.4, 0.5) is 5.82 Å². The molecule has 1 aliphatic heterocycles. The fraction of sp³-hybridized carbons (Fsp3) is 0.259. The summed E-state index contributed by atoms with van der Waals surface area (Å²) in [6.07, 6.45) is 4.16. The molecule has 0 bridgehead atoms. The Balaban J connectivity index is 1.23. The first kappa shape index (κ1) is 22.1. The Bertz CT molecular complexity index is 1490. The highest BCUT2D eigenvalue weighted by Crippen LogP contribution is 2.34. The number of hydrogen-bond donors (Lipinski definition) is 3. The Hall–Kier alpha value is -4.40. The number of fused-ring (bicyclic) bond motifs is 2. The fourth-order valence-corrected chi connectivity index (χ4v) is 4.75. The van der Waals surface area contributed by atoms with Crippen molar-refractivity contribution in [3.63, 3.8) is 0 Å². The summed E-state index contributed by atoms with van der Waals surface area (Å²) in [6, 6.07) is 17.8. The van der Waals surface area contributed by atoms with Crippen molar-refractivity contribution in [3.05, 3.63) is 60.8 Å². The third-order valence-electron chi connectivity index (χ3n) is 6.59. The van der Waals surface area contributed by atoms with E-state index in [2.05, 4.69) is 30.5 Å². The zero-order valence-electron chi connectivity index (χ0n) is 20.0. The maximum absolute atomic E-state index is 12.2. The summed E-state index contributed by atoms with van der Waals surface area (Å²) in [5, 5.41) is 11.8. The second-order valence-electron chi connectivity index (χ2n) is 9.01. The lowest BCUT2D eigenvalue weighted by Crippen LogP contribution is -2.44. The van der Waals surface area contributed by atoms with E-state index in [1.807, 2.05) is 66.4 Å². The highest BCUT2D eigenvalue weighted by molar-refractivity contribution is 5.93. The molecule has 1 amide bonds. The second kappa shape index (κ2) is 9.33. The first-order chi connectivity index (χ1) is 17.7. The molecule has 0 saturated carbocycles. The van der Waals surface area contributed by atoms with Crippen LogP contribution in [0.3, 0.4) is 0 Å². The number of para-hydroxylation sites is 2.